The number of nitro groups is 1. The summed E-state index contributed by atoms with van der Waals surface area (Å²) < 4.78 is 0.532. The van der Waals surface area contributed by atoms with Crippen LogP contribution in [0.1, 0.15) is 12.5 Å². The molecule has 18 heavy (non-hydrogen) atoms. The molecule has 6 heteroatoms. The van der Waals surface area contributed by atoms with Gasteiger partial charge in [0.15, 0.2) is 0 Å². The molecule has 1 aromatic carbocycles. The lowest BCUT2D eigenvalue weighted by atomic mass is 10.1. The van der Waals surface area contributed by atoms with Gasteiger partial charge in [0, 0.05) is 38.3 Å². The topological polar surface area (TPSA) is 58.4 Å². The Kier molecular flexibility index (Phi) is 4.31. The first-order valence-electron chi connectivity index (χ1n) is 5.95. The minimum atomic E-state index is -0.352. The third kappa shape index (κ3) is 3.07. The first-order valence-corrected chi connectivity index (χ1v) is 6.75. The van der Waals surface area contributed by atoms with E-state index in [9.17, 15) is 10.1 Å². The lowest BCUT2D eigenvalue weighted by Crippen LogP contribution is -2.49. The summed E-state index contributed by atoms with van der Waals surface area (Å²) in [5, 5.41) is 14.2. The van der Waals surface area contributed by atoms with E-state index in [4.69, 9.17) is 0 Å². The van der Waals surface area contributed by atoms with Gasteiger partial charge in [0.25, 0.3) is 5.69 Å². The van der Waals surface area contributed by atoms with Crippen molar-refractivity contribution in [2.24, 2.45) is 0 Å². The first-order chi connectivity index (χ1) is 8.58. The van der Waals surface area contributed by atoms with E-state index < -0.39 is 0 Å². The molecule has 1 atom stereocenters. The van der Waals surface area contributed by atoms with E-state index in [0.717, 1.165) is 31.7 Å². The second kappa shape index (κ2) is 5.77. The number of nitrogens with zero attached hydrogens (tertiary/aromatic N) is 2. The highest BCUT2D eigenvalue weighted by atomic mass is 79.9. The van der Waals surface area contributed by atoms with Gasteiger partial charge in [-0.05, 0) is 34.5 Å². The second-order valence-corrected chi connectivity index (χ2v) is 5.42. The van der Waals surface area contributed by atoms with Crippen LogP contribution in [0.15, 0.2) is 22.7 Å². The Morgan fingerprint density at radius 1 is 1.61 bits per heavy atom. The number of hydrogen-bond acceptors (Lipinski definition) is 4. The van der Waals surface area contributed by atoms with Gasteiger partial charge >= 0.3 is 0 Å². The molecule has 5 nitrogen and oxygen atoms in total. The molecule has 0 spiro atoms. The fourth-order valence-corrected chi connectivity index (χ4v) is 2.54. The number of nitrogens with one attached hydrogen (secondary N) is 1. The Hall–Kier alpha value is -0.980. The highest BCUT2D eigenvalue weighted by Crippen LogP contribution is 2.26. The smallest absolute Gasteiger partial charge is 0.283 e. The molecule has 0 amide bonds. The molecule has 1 aliphatic heterocycles. The quantitative estimate of drug-likeness (QED) is 0.686. The molecule has 1 aliphatic rings. The zero-order chi connectivity index (χ0) is 13.1. The van der Waals surface area contributed by atoms with Gasteiger partial charge in [-0.2, -0.15) is 0 Å². The monoisotopic (exact) mass is 313 g/mol. The Labute approximate surface area is 114 Å². The van der Waals surface area contributed by atoms with Crippen molar-refractivity contribution in [1.82, 2.24) is 10.2 Å². The van der Waals surface area contributed by atoms with E-state index in [-0.39, 0.29) is 10.6 Å². The van der Waals surface area contributed by atoms with Crippen molar-refractivity contribution >= 4 is 21.6 Å². The molecular weight excluding hydrogens is 298 g/mol. The molecule has 1 aromatic rings. The van der Waals surface area contributed by atoms with Crippen LogP contribution in [-0.2, 0) is 6.54 Å². The molecule has 0 bridgehead atoms. The Morgan fingerprint density at radius 2 is 2.39 bits per heavy atom. The van der Waals surface area contributed by atoms with E-state index in [1.165, 1.54) is 0 Å². The molecule has 0 saturated carbocycles. The summed E-state index contributed by atoms with van der Waals surface area (Å²) in [6.45, 7) is 5.85. The minimum absolute atomic E-state index is 0.135. The van der Waals surface area contributed by atoms with Gasteiger partial charge in [-0.1, -0.05) is 6.07 Å². The molecule has 1 heterocycles. The van der Waals surface area contributed by atoms with E-state index in [1.807, 2.05) is 6.07 Å². The fourth-order valence-electron chi connectivity index (χ4n) is 2.15. The van der Waals surface area contributed by atoms with Crippen LogP contribution in [0.3, 0.4) is 0 Å². The average molecular weight is 314 g/mol. The van der Waals surface area contributed by atoms with Crippen LogP contribution in [-0.4, -0.2) is 35.5 Å². The van der Waals surface area contributed by atoms with Crippen LogP contribution in [0, 0.1) is 10.1 Å². The van der Waals surface area contributed by atoms with Crippen molar-refractivity contribution < 1.29 is 4.92 Å². The van der Waals surface area contributed by atoms with Crippen LogP contribution >= 0.6 is 15.9 Å². The molecule has 1 unspecified atom stereocenters. The summed E-state index contributed by atoms with van der Waals surface area (Å²) in [7, 11) is 0. The van der Waals surface area contributed by atoms with Crippen molar-refractivity contribution in [2.45, 2.75) is 19.5 Å². The van der Waals surface area contributed by atoms with Gasteiger partial charge in [-0.15, -0.1) is 0 Å². The van der Waals surface area contributed by atoms with Crippen molar-refractivity contribution in [2.75, 3.05) is 19.6 Å². The summed E-state index contributed by atoms with van der Waals surface area (Å²) >= 11 is 3.20. The van der Waals surface area contributed by atoms with Crippen LogP contribution in [0.5, 0.6) is 0 Å². The van der Waals surface area contributed by atoms with Gasteiger partial charge in [-0.25, -0.2) is 0 Å². The number of hydrogen-bond donors (Lipinski definition) is 1. The van der Waals surface area contributed by atoms with Crippen molar-refractivity contribution in [1.29, 1.82) is 0 Å². The molecule has 1 fully saturated rings. The van der Waals surface area contributed by atoms with Gasteiger partial charge in [0.05, 0.1) is 9.40 Å². The van der Waals surface area contributed by atoms with Crippen LogP contribution in [0.25, 0.3) is 0 Å². The number of benzene rings is 1. The summed E-state index contributed by atoms with van der Waals surface area (Å²) in [5.74, 6) is 0. The van der Waals surface area contributed by atoms with Gasteiger partial charge < -0.3 is 5.32 Å². The van der Waals surface area contributed by atoms with E-state index in [0.29, 0.717) is 10.5 Å². The summed E-state index contributed by atoms with van der Waals surface area (Å²) in [6.07, 6.45) is 0. The third-order valence-electron chi connectivity index (χ3n) is 3.23. The van der Waals surface area contributed by atoms with Crippen molar-refractivity contribution in [3.63, 3.8) is 0 Å². The predicted molar refractivity (Wildman–Crippen MR) is 73.5 cm³/mol. The predicted octanol–water partition coefficient (Wildman–Crippen LogP) is 2.15. The maximum absolute atomic E-state index is 10.9. The zero-order valence-electron chi connectivity index (χ0n) is 10.2. The second-order valence-electron chi connectivity index (χ2n) is 4.57. The van der Waals surface area contributed by atoms with E-state index >= 15 is 0 Å². The van der Waals surface area contributed by atoms with Gasteiger partial charge in [0.1, 0.15) is 0 Å². The number of piperazine rings is 1. The lowest BCUT2D eigenvalue weighted by molar-refractivity contribution is -0.385. The van der Waals surface area contributed by atoms with Crippen molar-refractivity contribution in [3.8, 4) is 0 Å². The van der Waals surface area contributed by atoms with Crippen LogP contribution < -0.4 is 5.32 Å². The number of nitro benzene ring substituents is 1. The lowest BCUT2D eigenvalue weighted by Gasteiger charge is -2.33. The zero-order valence-corrected chi connectivity index (χ0v) is 11.8. The summed E-state index contributed by atoms with van der Waals surface area (Å²) in [4.78, 5) is 12.9. The standard InChI is InChI=1S/C12H16BrN3O2/c1-9-7-14-4-5-15(9)8-10-2-3-11(13)12(6-10)16(17)18/h2-3,6,9,14H,4-5,7-8H2,1H3. The number of halogens is 1. The van der Waals surface area contributed by atoms with E-state index in [2.05, 4.69) is 33.1 Å². The maximum atomic E-state index is 10.9. The molecule has 2 rings (SSSR count). The molecule has 0 aliphatic carbocycles. The summed E-state index contributed by atoms with van der Waals surface area (Å²) in [5.41, 5.74) is 1.12. The average Bonchev–Trinajstić information content (AvgIpc) is 2.34. The SMILES string of the molecule is CC1CNCCN1Cc1ccc(Br)c([N+](=O)[O-])c1. The molecule has 0 aromatic heterocycles. The van der Waals surface area contributed by atoms with Gasteiger partial charge in [-0.3, -0.25) is 15.0 Å². The molecular formula is C12H16BrN3O2. The molecule has 1 N–H and O–H groups in total. The largest absolute Gasteiger partial charge is 0.314 e. The minimum Gasteiger partial charge on any atom is -0.314 e. The van der Waals surface area contributed by atoms with E-state index in [1.54, 1.807) is 12.1 Å². The van der Waals surface area contributed by atoms with Gasteiger partial charge in [0.2, 0.25) is 0 Å². The summed E-state index contributed by atoms with van der Waals surface area (Å²) in [6, 6.07) is 5.80. The Bertz CT molecular complexity index is 453. The molecule has 0 radical (unpaired) electrons. The third-order valence-corrected chi connectivity index (χ3v) is 3.90. The molecule has 1 saturated heterocycles. The fraction of sp³-hybridized carbons (Fsp3) is 0.500. The van der Waals surface area contributed by atoms with Crippen molar-refractivity contribution in [3.05, 3.63) is 38.3 Å². The Morgan fingerprint density at radius 3 is 3.06 bits per heavy atom. The van der Waals surface area contributed by atoms with Crippen LogP contribution in [0.4, 0.5) is 5.69 Å². The normalized spacial score (nSPS) is 20.9. The Balaban J connectivity index is 2.14. The maximum Gasteiger partial charge on any atom is 0.283 e. The molecule has 98 valence electrons. The highest BCUT2D eigenvalue weighted by Gasteiger charge is 2.19. The number of rotatable bonds is 3. The highest BCUT2D eigenvalue weighted by molar-refractivity contribution is 9.10. The first kappa shape index (κ1) is 13.5. The van der Waals surface area contributed by atoms with Crippen LogP contribution in [0.2, 0.25) is 0 Å².